The second-order valence-corrected chi connectivity index (χ2v) is 4.93. The maximum absolute atomic E-state index is 12.2. The number of nitrogen functional groups attached to an aromatic ring is 1. The number of hydrogen-bond donors (Lipinski definition) is 1. The van der Waals surface area contributed by atoms with E-state index in [1.165, 1.54) is 0 Å². The number of hydrogen-bond acceptors (Lipinski definition) is 3. The molecule has 1 fully saturated rings. The fraction of sp³-hybridized carbons (Fsp3) is 0.500. The molecule has 0 radical (unpaired) electrons. The molecule has 98 valence electrons. The molecular formula is C14H20N2O2. The highest BCUT2D eigenvalue weighted by molar-refractivity contribution is 5.80. The summed E-state index contributed by atoms with van der Waals surface area (Å²) in [5, 5.41) is 0. The Labute approximate surface area is 108 Å². The molecule has 0 spiro atoms. The van der Waals surface area contributed by atoms with Crippen molar-refractivity contribution in [2.45, 2.75) is 32.5 Å². The summed E-state index contributed by atoms with van der Waals surface area (Å²) in [5.41, 5.74) is 7.44. The summed E-state index contributed by atoms with van der Waals surface area (Å²) in [7, 11) is 0. The molecule has 4 heteroatoms. The summed E-state index contributed by atoms with van der Waals surface area (Å²) in [6, 6.07) is 7.51. The van der Waals surface area contributed by atoms with E-state index < -0.39 is 0 Å². The number of rotatable bonds is 2. The highest BCUT2D eigenvalue weighted by Gasteiger charge is 2.25. The summed E-state index contributed by atoms with van der Waals surface area (Å²) in [6.07, 6.45) is 0.572. The van der Waals surface area contributed by atoms with Crippen LogP contribution in [-0.4, -0.2) is 36.1 Å². The monoisotopic (exact) mass is 248 g/mol. The zero-order chi connectivity index (χ0) is 13.1. The Morgan fingerprint density at radius 3 is 2.56 bits per heavy atom. The summed E-state index contributed by atoms with van der Waals surface area (Å²) < 4.78 is 5.62. The molecule has 2 unspecified atom stereocenters. The third-order valence-electron chi connectivity index (χ3n) is 3.17. The molecule has 4 nitrogen and oxygen atoms in total. The van der Waals surface area contributed by atoms with Crippen LogP contribution >= 0.6 is 0 Å². The highest BCUT2D eigenvalue weighted by Crippen LogP contribution is 2.15. The first-order valence-corrected chi connectivity index (χ1v) is 6.33. The first kappa shape index (κ1) is 12.9. The molecular weight excluding hydrogens is 228 g/mol. The molecule has 2 atom stereocenters. The van der Waals surface area contributed by atoms with Gasteiger partial charge >= 0.3 is 0 Å². The van der Waals surface area contributed by atoms with Crippen molar-refractivity contribution in [2.75, 3.05) is 18.8 Å². The van der Waals surface area contributed by atoms with Gasteiger partial charge in [-0.1, -0.05) is 18.2 Å². The van der Waals surface area contributed by atoms with Crippen LogP contribution in [0.4, 0.5) is 5.69 Å². The molecule has 1 aliphatic heterocycles. The van der Waals surface area contributed by atoms with E-state index in [1.807, 2.05) is 43.0 Å². The third-order valence-corrected chi connectivity index (χ3v) is 3.17. The van der Waals surface area contributed by atoms with Crippen molar-refractivity contribution in [3.63, 3.8) is 0 Å². The fourth-order valence-electron chi connectivity index (χ4n) is 2.35. The molecule has 1 aliphatic rings. The average molecular weight is 248 g/mol. The molecule has 0 bridgehead atoms. The minimum Gasteiger partial charge on any atom is -0.398 e. The average Bonchev–Trinajstić information content (AvgIpc) is 2.31. The van der Waals surface area contributed by atoms with Gasteiger partial charge in [-0.25, -0.2) is 0 Å². The van der Waals surface area contributed by atoms with Crippen LogP contribution in [0, 0.1) is 0 Å². The molecule has 0 aliphatic carbocycles. The zero-order valence-electron chi connectivity index (χ0n) is 10.9. The van der Waals surface area contributed by atoms with E-state index in [0.717, 1.165) is 5.56 Å². The fourth-order valence-corrected chi connectivity index (χ4v) is 2.35. The number of carbonyl (C=O) groups excluding carboxylic acids is 1. The molecule has 2 N–H and O–H groups in total. The maximum Gasteiger partial charge on any atom is 0.227 e. The molecule has 1 amide bonds. The lowest BCUT2D eigenvalue weighted by Gasteiger charge is -2.35. The summed E-state index contributed by atoms with van der Waals surface area (Å²) in [5.74, 6) is 0.120. The first-order chi connectivity index (χ1) is 8.56. The van der Waals surface area contributed by atoms with Crippen LogP contribution in [0.1, 0.15) is 19.4 Å². The van der Waals surface area contributed by atoms with Gasteiger partial charge in [0.2, 0.25) is 5.91 Å². The molecule has 1 saturated heterocycles. The van der Waals surface area contributed by atoms with Gasteiger partial charge in [-0.15, -0.1) is 0 Å². The van der Waals surface area contributed by atoms with Crippen molar-refractivity contribution in [2.24, 2.45) is 0 Å². The third kappa shape index (κ3) is 3.01. The predicted molar refractivity (Wildman–Crippen MR) is 71.1 cm³/mol. The molecule has 1 heterocycles. The van der Waals surface area contributed by atoms with Gasteiger partial charge in [0, 0.05) is 18.8 Å². The Morgan fingerprint density at radius 1 is 1.33 bits per heavy atom. The second-order valence-electron chi connectivity index (χ2n) is 4.93. The molecule has 18 heavy (non-hydrogen) atoms. The summed E-state index contributed by atoms with van der Waals surface area (Å²) >= 11 is 0. The van der Waals surface area contributed by atoms with Crippen LogP contribution in [0.2, 0.25) is 0 Å². The normalized spacial score (nSPS) is 24.0. The second kappa shape index (κ2) is 5.40. The zero-order valence-corrected chi connectivity index (χ0v) is 10.9. The highest BCUT2D eigenvalue weighted by atomic mass is 16.5. The molecule has 0 saturated carbocycles. The number of benzene rings is 1. The van der Waals surface area contributed by atoms with E-state index in [4.69, 9.17) is 10.5 Å². The van der Waals surface area contributed by atoms with Crippen molar-refractivity contribution in [1.29, 1.82) is 0 Å². The number of nitrogens with zero attached hydrogens (tertiary/aromatic N) is 1. The number of morpholine rings is 1. The van der Waals surface area contributed by atoms with Crippen molar-refractivity contribution >= 4 is 11.6 Å². The Hall–Kier alpha value is -1.55. The summed E-state index contributed by atoms with van der Waals surface area (Å²) in [6.45, 7) is 5.31. The SMILES string of the molecule is CC1CN(C(=O)Cc2ccccc2N)CC(C)O1. The Bertz CT molecular complexity index is 424. The van der Waals surface area contributed by atoms with Crippen LogP contribution in [0.3, 0.4) is 0 Å². The quantitative estimate of drug-likeness (QED) is 0.806. The molecule has 1 aromatic rings. The number of anilines is 1. The van der Waals surface area contributed by atoms with Crippen LogP contribution in [0.5, 0.6) is 0 Å². The molecule has 0 aromatic heterocycles. The van der Waals surface area contributed by atoms with E-state index >= 15 is 0 Å². The van der Waals surface area contributed by atoms with Crippen LogP contribution in [0.25, 0.3) is 0 Å². The molecule has 2 rings (SSSR count). The van der Waals surface area contributed by atoms with Gasteiger partial charge in [-0.2, -0.15) is 0 Å². The van der Waals surface area contributed by atoms with Gasteiger partial charge in [-0.3, -0.25) is 4.79 Å². The number of nitrogens with two attached hydrogens (primary N) is 1. The Balaban J connectivity index is 2.02. The lowest BCUT2D eigenvalue weighted by molar-refractivity contribution is -0.142. The minimum absolute atomic E-state index is 0.103. The van der Waals surface area contributed by atoms with E-state index in [0.29, 0.717) is 25.2 Å². The van der Waals surface area contributed by atoms with Gasteiger partial charge in [-0.05, 0) is 25.5 Å². The van der Waals surface area contributed by atoms with Gasteiger partial charge in [0.1, 0.15) is 0 Å². The number of carbonyl (C=O) groups is 1. The Morgan fingerprint density at radius 2 is 1.94 bits per heavy atom. The first-order valence-electron chi connectivity index (χ1n) is 6.33. The minimum atomic E-state index is 0.103. The Kier molecular flexibility index (Phi) is 3.87. The van der Waals surface area contributed by atoms with Crippen molar-refractivity contribution in [1.82, 2.24) is 4.90 Å². The number of ether oxygens (including phenoxy) is 1. The van der Waals surface area contributed by atoms with Crippen molar-refractivity contribution < 1.29 is 9.53 Å². The van der Waals surface area contributed by atoms with Gasteiger partial charge in [0.25, 0.3) is 0 Å². The standard InChI is InChI=1S/C14H20N2O2/c1-10-8-16(9-11(2)18-10)14(17)7-12-5-3-4-6-13(12)15/h3-6,10-11H,7-9,15H2,1-2H3. The van der Waals surface area contributed by atoms with Crippen molar-refractivity contribution in [3.05, 3.63) is 29.8 Å². The van der Waals surface area contributed by atoms with Crippen molar-refractivity contribution in [3.8, 4) is 0 Å². The largest absolute Gasteiger partial charge is 0.398 e. The van der Waals surface area contributed by atoms with E-state index in [2.05, 4.69) is 0 Å². The smallest absolute Gasteiger partial charge is 0.227 e. The number of amides is 1. The van der Waals surface area contributed by atoms with E-state index in [-0.39, 0.29) is 18.1 Å². The summed E-state index contributed by atoms with van der Waals surface area (Å²) in [4.78, 5) is 14.1. The lowest BCUT2D eigenvalue weighted by Crippen LogP contribution is -2.48. The van der Waals surface area contributed by atoms with E-state index in [1.54, 1.807) is 0 Å². The number of para-hydroxylation sites is 1. The van der Waals surface area contributed by atoms with Gasteiger partial charge in [0.05, 0.1) is 18.6 Å². The maximum atomic E-state index is 12.2. The topological polar surface area (TPSA) is 55.6 Å². The predicted octanol–water partition coefficient (Wildman–Crippen LogP) is 1.45. The van der Waals surface area contributed by atoms with E-state index in [9.17, 15) is 4.79 Å². The van der Waals surface area contributed by atoms with Crippen LogP contribution in [-0.2, 0) is 16.0 Å². The van der Waals surface area contributed by atoms with Crippen LogP contribution in [0.15, 0.2) is 24.3 Å². The lowest BCUT2D eigenvalue weighted by atomic mass is 10.1. The van der Waals surface area contributed by atoms with Gasteiger partial charge in [0.15, 0.2) is 0 Å². The van der Waals surface area contributed by atoms with Gasteiger partial charge < -0.3 is 15.4 Å². The molecule has 1 aromatic carbocycles. The van der Waals surface area contributed by atoms with Crippen LogP contribution < -0.4 is 5.73 Å².